The minimum Gasteiger partial charge on any atom is -0.310 e. The van der Waals surface area contributed by atoms with Gasteiger partial charge in [-0.2, -0.15) is 0 Å². The molecule has 0 atom stereocenters. The highest BCUT2D eigenvalue weighted by atomic mass is 15.2. The van der Waals surface area contributed by atoms with E-state index in [1.165, 1.54) is 173 Å². The van der Waals surface area contributed by atoms with Gasteiger partial charge in [0.2, 0.25) is 0 Å². The van der Waals surface area contributed by atoms with Gasteiger partial charge in [-0.15, -0.1) is 0 Å². The summed E-state index contributed by atoms with van der Waals surface area (Å²) >= 11 is 0. The van der Waals surface area contributed by atoms with Crippen LogP contribution in [0.25, 0.3) is 55.6 Å². The average molecular weight is 983 g/mol. The summed E-state index contributed by atoms with van der Waals surface area (Å²) in [6, 6.07) is 82.2. The van der Waals surface area contributed by atoms with Gasteiger partial charge in [-0.1, -0.05) is 164 Å². The lowest BCUT2D eigenvalue weighted by molar-refractivity contribution is 0.683. The van der Waals surface area contributed by atoms with E-state index in [0.29, 0.717) is 0 Å². The molecule has 0 aliphatic heterocycles. The van der Waals surface area contributed by atoms with Crippen molar-refractivity contribution in [3.05, 3.63) is 263 Å². The lowest BCUT2D eigenvalue weighted by Gasteiger charge is -2.35. The normalized spacial score (nSPS) is 13.8. The molecule has 13 rings (SSSR count). The van der Waals surface area contributed by atoms with Crippen molar-refractivity contribution in [3.8, 4) is 55.6 Å². The van der Waals surface area contributed by atoms with Crippen LogP contribution in [0.15, 0.2) is 218 Å². The molecule has 0 fully saturated rings. The number of rotatable bonds is 11. The zero-order valence-electron chi connectivity index (χ0n) is 44.2. The molecular formula is C74H66N2. The SMILES string of the molecule is Cc1ccccc1-c1ccc(N(c2ccc(-c3ccccc3)cc2)c2ccc(-c3ccc(N(c4ccc(-c5ccccc5)cc4)c4ccc(-c5ccccc5C)c5c4CCCC5)c4c3CCCC4)cc2)c2c1CCCC2. The van der Waals surface area contributed by atoms with Crippen LogP contribution in [-0.2, 0) is 38.5 Å². The molecule has 0 N–H and O–H groups in total. The van der Waals surface area contributed by atoms with Crippen LogP contribution in [0.1, 0.15) is 83.0 Å². The summed E-state index contributed by atoms with van der Waals surface area (Å²) in [6.45, 7) is 4.52. The maximum absolute atomic E-state index is 2.64. The molecule has 0 amide bonds. The van der Waals surface area contributed by atoms with Crippen molar-refractivity contribution in [3.63, 3.8) is 0 Å². The largest absolute Gasteiger partial charge is 0.310 e. The van der Waals surface area contributed by atoms with Gasteiger partial charge in [0.25, 0.3) is 0 Å². The van der Waals surface area contributed by atoms with Crippen LogP contribution in [0, 0.1) is 13.8 Å². The summed E-state index contributed by atoms with van der Waals surface area (Å²) in [5.74, 6) is 0. The molecule has 0 saturated carbocycles. The summed E-state index contributed by atoms with van der Waals surface area (Å²) in [5, 5.41) is 0. The zero-order chi connectivity index (χ0) is 51.0. The molecule has 2 heteroatoms. The third-order valence-corrected chi connectivity index (χ3v) is 17.0. The summed E-state index contributed by atoms with van der Waals surface area (Å²) in [7, 11) is 0. The first-order chi connectivity index (χ1) is 37.6. The Labute approximate surface area is 451 Å². The molecule has 10 aromatic rings. The molecular weight excluding hydrogens is 917 g/mol. The second kappa shape index (κ2) is 20.8. The molecule has 3 aliphatic rings. The third kappa shape index (κ3) is 8.94. The van der Waals surface area contributed by atoms with Crippen LogP contribution >= 0.6 is 0 Å². The first-order valence-corrected chi connectivity index (χ1v) is 28.1. The number of hydrogen-bond acceptors (Lipinski definition) is 2. The summed E-state index contributed by atoms with van der Waals surface area (Å²) in [5.41, 5.74) is 32.3. The number of benzene rings is 10. The smallest absolute Gasteiger partial charge is 0.0496 e. The fraction of sp³-hybridized carbons (Fsp3) is 0.189. The van der Waals surface area contributed by atoms with Gasteiger partial charge in [0.15, 0.2) is 0 Å². The van der Waals surface area contributed by atoms with Crippen molar-refractivity contribution >= 4 is 34.1 Å². The predicted molar refractivity (Wildman–Crippen MR) is 322 cm³/mol. The standard InChI is InChI=1S/C74H66N2/c1-51-19-9-11-25-61(51)67-46-49-72(70-31-17-14-28-65(67)70)75(58-39-33-55(34-40-58)53-21-5-3-6-22-53)59-43-37-57(38-44-59)63-45-48-73(69-30-16-13-27-64(63)69)76(60-41-35-56(36-42-60)54-23-7-4-8-24-54)74-50-47-68(62-26-12-10-20-52(62)2)66-29-15-18-32-71(66)74/h3-12,19-26,33-50H,13-18,27-32H2,1-2H3. The van der Waals surface area contributed by atoms with E-state index in [1.54, 1.807) is 0 Å². The minimum atomic E-state index is 1.06. The quantitative estimate of drug-likeness (QED) is 0.127. The van der Waals surface area contributed by atoms with Crippen LogP contribution in [0.4, 0.5) is 34.1 Å². The van der Waals surface area contributed by atoms with Crippen LogP contribution in [0.2, 0.25) is 0 Å². The molecule has 372 valence electrons. The lowest BCUT2D eigenvalue weighted by Crippen LogP contribution is -2.19. The Morgan fingerprint density at radius 2 is 0.526 bits per heavy atom. The third-order valence-electron chi connectivity index (χ3n) is 17.0. The Morgan fingerprint density at radius 1 is 0.224 bits per heavy atom. The van der Waals surface area contributed by atoms with E-state index in [9.17, 15) is 0 Å². The molecule has 2 nitrogen and oxygen atoms in total. The minimum absolute atomic E-state index is 1.06. The van der Waals surface area contributed by atoms with Crippen molar-refractivity contribution in [1.82, 2.24) is 0 Å². The van der Waals surface area contributed by atoms with Gasteiger partial charge in [0, 0.05) is 34.1 Å². The van der Waals surface area contributed by atoms with E-state index in [1.807, 2.05) is 0 Å². The van der Waals surface area contributed by atoms with Crippen molar-refractivity contribution in [2.45, 2.75) is 90.9 Å². The molecule has 0 heterocycles. The van der Waals surface area contributed by atoms with Crippen molar-refractivity contribution in [2.75, 3.05) is 9.80 Å². The summed E-state index contributed by atoms with van der Waals surface area (Å²) in [4.78, 5) is 5.18. The summed E-state index contributed by atoms with van der Waals surface area (Å²) in [6.07, 6.45) is 13.8. The topological polar surface area (TPSA) is 6.48 Å². The molecule has 76 heavy (non-hydrogen) atoms. The molecule has 0 spiro atoms. The van der Waals surface area contributed by atoms with Gasteiger partial charge in [-0.25, -0.2) is 0 Å². The second-order valence-electron chi connectivity index (χ2n) is 21.6. The van der Waals surface area contributed by atoms with Crippen molar-refractivity contribution < 1.29 is 0 Å². The average Bonchev–Trinajstić information content (AvgIpc) is 3.49. The number of fused-ring (bicyclic) bond motifs is 3. The van der Waals surface area contributed by atoms with Gasteiger partial charge in [-0.3, -0.25) is 0 Å². The van der Waals surface area contributed by atoms with Gasteiger partial charge in [-0.05, 0) is 246 Å². The van der Waals surface area contributed by atoms with Gasteiger partial charge in [0.1, 0.15) is 0 Å². The maximum Gasteiger partial charge on any atom is 0.0496 e. The number of hydrogen-bond donors (Lipinski definition) is 0. The van der Waals surface area contributed by atoms with Gasteiger partial charge < -0.3 is 9.80 Å². The fourth-order valence-electron chi connectivity index (χ4n) is 13.2. The Balaban J connectivity index is 0.924. The maximum atomic E-state index is 2.64. The predicted octanol–water partition coefficient (Wildman–Crippen LogP) is 20.2. The first-order valence-electron chi connectivity index (χ1n) is 28.1. The van der Waals surface area contributed by atoms with Gasteiger partial charge >= 0.3 is 0 Å². The first kappa shape index (κ1) is 47.5. The Kier molecular flexibility index (Phi) is 13.0. The molecule has 0 bridgehead atoms. The molecule has 3 aliphatic carbocycles. The lowest BCUT2D eigenvalue weighted by atomic mass is 9.82. The molecule has 10 aromatic carbocycles. The Hall–Kier alpha value is -8.20. The Morgan fingerprint density at radius 3 is 0.934 bits per heavy atom. The summed E-state index contributed by atoms with van der Waals surface area (Å²) < 4.78 is 0. The highest BCUT2D eigenvalue weighted by molar-refractivity contribution is 5.89. The molecule has 0 unspecified atom stereocenters. The monoisotopic (exact) mass is 983 g/mol. The fourth-order valence-corrected chi connectivity index (χ4v) is 13.2. The van der Waals surface area contributed by atoms with E-state index < -0.39 is 0 Å². The molecule has 0 saturated heterocycles. The van der Waals surface area contributed by atoms with Crippen LogP contribution in [0.5, 0.6) is 0 Å². The van der Waals surface area contributed by atoms with Crippen LogP contribution in [0.3, 0.4) is 0 Å². The number of anilines is 6. The van der Waals surface area contributed by atoms with E-state index in [2.05, 4.69) is 242 Å². The van der Waals surface area contributed by atoms with E-state index in [-0.39, 0.29) is 0 Å². The molecule has 0 aromatic heterocycles. The second-order valence-corrected chi connectivity index (χ2v) is 21.6. The van der Waals surface area contributed by atoms with E-state index in [4.69, 9.17) is 0 Å². The van der Waals surface area contributed by atoms with Crippen molar-refractivity contribution in [1.29, 1.82) is 0 Å². The van der Waals surface area contributed by atoms with Crippen LogP contribution < -0.4 is 9.80 Å². The van der Waals surface area contributed by atoms with Crippen molar-refractivity contribution in [2.24, 2.45) is 0 Å². The van der Waals surface area contributed by atoms with Gasteiger partial charge in [0.05, 0.1) is 0 Å². The van der Waals surface area contributed by atoms with E-state index in [0.717, 1.165) is 38.5 Å². The highest BCUT2D eigenvalue weighted by Crippen LogP contribution is 2.49. The van der Waals surface area contributed by atoms with Crippen LogP contribution in [-0.4, -0.2) is 0 Å². The number of aryl methyl sites for hydroxylation is 2. The molecule has 0 radical (unpaired) electrons. The number of nitrogens with zero attached hydrogens (tertiary/aromatic N) is 2. The van der Waals surface area contributed by atoms with E-state index >= 15 is 0 Å². The highest BCUT2D eigenvalue weighted by Gasteiger charge is 2.29. The Bertz CT molecular complexity index is 3700. The zero-order valence-corrected chi connectivity index (χ0v) is 44.2.